The van der Waals surface area contributed by atoms with Crippen LogP contribution >= 0.6 is 15.9 Å². The van der Waals surface area contributed by atoms with Crippen molar-refractivity contribution in [1.29, 1.82) is 0 Å². The Bertz CT molecular complexity index is 634. The zero-order valence-electron chi connectivity index (χ0n) is 11.8. The summed E-state index contributed by atoms with van der Waals surface area (Å²) in [6.07, 6.45) is 0.585. The SMILES string of the molecule is CNC(Cc1ccc(OC)c(Br)c1)c1ccc(F)cc1F. The Labute approximate surface area is 131 Å². The smallest absolute Gasteiger partial charge is 0.133 e. The second-order valence-electron chi connectivity index (χ2n) is 4.68. The van der Waals surface area contributed by atoms with E-state index in [0.29, 0.717) is 12.0 Å². The van der Waals surface area contributed by atoms with Crippen molar-refractivity contribution in [2.75, 3.05) is 14.2 Å². The molecule has 2 aromatic carbocycles. The molecule has 0 aliphatic rings. The van der Waals surface area contributed by atoms with E-state index in [1.54, 1.807) is 14.2 Å². The molecule has 0 spiro atoms. The Morgan fingerprint density at radius 1 is 1.19 bits per heavy atom. The average molecular weight is 356 g/mol. The number of hydrogen-bond donors (Lipinski definition) is 1. The van der Waals surface area contributed by atoms with Crippen molar-refractivity contribution in [2.24, 2.45) is 0 Å². The number of rotatable bonds is 5. The molecule has 0 amide bonds. The molecule has 1 unspecified atom stereocenters. The van der Waals surface area contributed by atoms with Crippen LogP contribution in [0, 0.1) is 11.6 Å². The van der Waals surface area contributed by atoms with Crippen LogP contribution < -0.4 is 10.1 Å². The fourth-order valence-electron chi connectivity index (χ4n) is 2.22. The Kier molecular flexibility index (Phi) is 5.31. The number of nitrogens with one attached hydrogen (secondary N) is 1. The van der Waals surface area contributed by atoms with Gasteiger partial charge in [0.2, 0.25) is 0 Å². The second-order valence-corrected chi connectivity index (χ2v) is 5.53. The van der Waals surface area contributed by atoms with Gasteiger partial charge in [-0.2, -0.15) is 0 Å². The lowest BCUT2D eigenvalue weighted by Gasteiger charge is -2.18. The van der Waals surface area contributed by atoms with Gasteiger partial charge in [-0.3, -0.25) is 0 Å². The number of likely N-dealkylation sites (N-methyl/N-ethyl adjacent to an activating group) is 1. The minimum atomic E-state index is -0.571. The first-order chi connectivity index (χ1) is 10.0. The topological polar surface area (TPSA) is 21.3 Å². The van der Waals surface area contributed by atoms with Crippen LogP contribution in [0.5, 0.6) is 5.75 Å². The number of benzene rings is 2. The van der Waals surface area contributed by atoms with Gasteiger partial charge in [-0.1, -0.05) is 12.1 Å². The first kappa shape index (κ1) is 15.9. The highest BCUT2D eigenvalue weighted by Gasteiger charge is 2.16. The number of ether oxygens (including phenoxy) is 1. The van der Waals surface area contributed by atoms with Crippen molar-refractivity contribution in [1.82, 2.24) is 5.32 Å². The highest BCUT2D eigenvalue weighted by molar-refractivity contribution is 9.10. The van der Waals surface area contributed by atoms with Gasteiger partial charge in [0.25, 0.3) is 0 Å². The minimum absolute atomic E-state index is 0.231. The molecule has 1 N–H and O–H groups in total. The monoisotopic (exact) mass is 355 g/mol. The summed E-state index contributed by atoms with van der Waals surface area (Å²) >= 11 is 3.43. The van der Waals surface area contributed by atoms with Crippen LogP contribution in [-0.2, 0) is 6.42 Å². The van der Waals surface area contributed by atoms with Gasteiger partial charge in [0.1, 0.15) is 17.4 Å². The summed E-state index contributed by atoms with van der Waals surface area (Å²) in [5.74, 6) is -0.368. The van der Waals surface area contributed by atoms with E-state index < -0.39 is 11.6 Å². The maximum atomic E-state index is 13.9. The summed E-state index contributed by atoms with van der Waals surface area (Å²) in [7, 11) is 3.36. The van der Waals surface area contributed by atoms with Crippen molar-refractivity contribution in [3.05, 3.63) is 63.6 Å². The lowest BCUT2D eigenvalue weighted by molar-refractivity contribution is 0.412. The largest absolute Gasteiger partial charge is 0.496 e. The van der Waals surface area contributed by atoms with Crippen molar-refractivity contribution in [3.63, 3.8) is 0 Å². The van der Waals surface area contributed by atoms with Gasteiger partial charge in [0.05, 0.1) is 11.6 Å². The third-order valence-corrected chi connectivity index (χ3v) is 3.96. The molecule has 0 saturated heterocycles. The van der Waals surface area contributed by atoms with E-state index in [0.717, 1.165) is 21.9 Å². The van der Waals surface area contributed by atoms with Crippen LogP contribution in [0.3, 0.4) is 0 Å². The molecule has 1 atom stereocenters. The summed E-state index contributed by atoms with van der Waals surface area (Å²) in [5.41, 5.74) is 1.47. The van der Waals surface area contributed by atoms with Crippen LogP contribution in [0.25, 0.3) is 0 Å². The molecule has 0 bridgehead atoms. The number of hydrogen-bond acceptors (Lipinski definition) is 2. The normalized spacial score (nSPS) is 12.2. The quantitative estimate of drug-likeness (QED) is 0.865. The van der Waals surface area contributed by atoms with Gasteiger partial charge in [-0.25, -0.2) is 8.78 Å². The molecule has 0 aromatic heterocycles. The molecular weight excluding hydrogens is 340 g/mol. The fraction of sp³-hybridized carbons (Fsp3) is 0.250. The van der Waals surface area contributed by atoms with Gasteiger partial charge >= 0.3 is 0 Å². The van der Waals surface area contributed by atoms with Crippen LogP contribution in [0.1, 0.15) is 17.2 Å². The molecule has 0 fully saturated rings. The second kappa shape index (κ2) is 7.00. The lowest BCUT2D eigenvalue weighted by Crippen LogP contribution is -2.20. The first-order valence-electron chi connectivity index (χ1n) is 6.49. The van der Waals surface area contributed by atoms with Crippen molar-refractivity contribution in [2.45, 2.75) is 12.5 Å². The molecule has 0 aliphatic heterocycles. The van der Waals surface area contributed by atoms with E-state index in [2.05, 4.69) is 21.2 Å². The molecule has 2 rings (SSSR count). The summed E-state index contributed by atoms with van der Waals surface area (Å²) < 4.78 is 32.9. The average Bonchev–Trinajstić information content (AvgIpc) is 2.45. The van der Waals surface area contributed by atoms with Crippen LogP contribution in [0.15, 0.2) is 40.9 Å². The minimum Gasteiger partial charge on any atom is -0.496 e. The maximum Gasteiger partial charge on any atom is 0.133 e. The summed E-state index contributed by atoms with van der Waals surface area (Å²) in [6, 6.07) is 9.14. The third kappa shape index (κ3) is 3.80. The third-order valence-electron chi connectivity index (χ3n) is 3.34. The van der Waals surface area contributed by atoms with Gasteiger partial charge < -0.3 is 10.1 Å². The zero-order chi connectivity index (χ0) is 15.4. The van der Waals surface area contributed by atoms with Crippen molar-refractivity contribution < 1.29 is 13.5 Å². The van der Waals surface area contributed by atoms with Crippen LogP contribution in [-0.4, -0.2) is 14.2 Å². The Balaban J connectivity index is 2.24. The van der Waals surface area contributed by atoms with Crippen LogP contribution in [0.2, 0.25) is 0 Å². The number of methoxy groups -OCH3 is 1. The molecule has 0 radical (unpaired) electrons. The van der Waals surface area contributed by atoms with E-state index in [1.807, 2.05) is 18.2 Å². The molecule has 0 saturated carbocycles. The van der Waals surface area contributed by atoms with Crippen LogP contribution in [0.4, 0.5) is 8.78 Å². The van der Waals surface area contributed by atoms with E-state index >= 15 is 0 Å². The molecule has 2 nitrogen and oxygen atoms in total. The van der Waals surface area contributed by atoms with E-state index in [1.165, 1.54) is 12.1 Å². The predicted octanol–water partition coefficient (Wildman–Crippen LogP) is 4.24. The van der Waals surface area contributed by atoms with Crippen molar-refractivity contribution >= 4 is 15.9 Å². The van der Waals surface area contributed by atoms with Gasteiger partial charge in [0.15, 0.2) is 0 Å². The summed E-state index contributed by atoms with van der Waals surface area (Å²) in [5, 5.41) is 3.07. The highest BCUT2D eigenvalue weighted by atomic mass is 79.9. The molecule has 5 heteroatoms. The molecule has 0 heterocycles. The standard InChI is InChI=1S/C16H16BrF2NO/c1-20-15(12-5-4-11(18)9-14(12)19)8-10-3-6-16(21-2)13(17)7-10/h3-7,9,15,20H,8H2,1-2H3. The highest BCUT2D eigenvalue weighted by Crippen LogP contribution is 2.28. The zero-order valence-corrected chi connectivity index (χ0v) is 13.4. The predicted molar refractivity (Wildman–Crippen MR) is 82.6 cm³/mol. The number of halogens is 3. The van der Waals surface area contributed by atoms with E-state index in [9.17, 15) is 8.78 Å². The lowest BCUT2D eigenvalue weighted by atomic mass is 9.98. The van der Waals surface area contributed by atoms with Gasteiger partial charge in [-0.05, 0) is 53.2 Å². The Morgan fingerprint density at radius 2 is 1.95 bits per heavy atom. The Morgan fingerprint density at radius 3 is 2.52 bits per heavy atom. The molecule has 112 valence electrons. The van der Waals surface area contributed by atoms with E-state index in [-0.39, 0.29) is 6.04 Å². The fourth-order valence-corrected chi connectivity index (χ4v) is 2.81. The maximum absolute atomic E-state index is 13.9. The molecule has 21 heavy (non-hydrogen) atoms. The molecule has 2 aromatic rings. The van der Waals surface area contributed by atoms with Gasteiger partial charge in [0, 0.05) is 17.7 Å². The summed E-state index contributed by atoms with van der Waals surface area (Å²) in [6.45, 7) is 0. The van der Waals surface area contributed by atoms with Gasteiger partial charge in [-0.15, -0.1) is 0 Å². The Hall–Kier alpha value is -1.46. The first-order valence-corrected chi connectivity index (χ1v) is 7.29. The summed E-state index contributed by atoms with van der Waals surface area (Å²) in [4.78, 5) is 0. The molecular formula is C16H16BrF2NO. The molecule has 0 aliphatic carbocycles. The van der Waals surface area contributed by atoms with E-state index in [4.69, 9.17) is 4.74 Å². The van der Waals surface area contributed by atoms with Crippen molar-refractivity contribution in [3.8, 4) is 5.75 Å².